The van der Waals surface area contributed by atoms with Gasteiger partial charge in [-0.1, -0.05) is 0 Å². The molecular formula is C16H14F3N5O. The lowest BCUT2D eigenvalue weighted by atomic mass is 10.1. The lowest BCUT2D eigenvalue weighted by Crippen LogP contribution is -2.12. The molecule has 9 heteroatoms. The molecule has 0 aliphatic rings. The van der Waals surface area contributed by atoms with Gasteiger partial charge in [-0.25, -0.2) is 28.1 Å². The first kappa shape index (κ1) is 18.1. The van der Waals surface area contributed by atoms with Crippen LogP contribution in [0.15, 0.2) is 35.0 Å². The van der Waals surface area contributed by atoms with E-state index in [0.717, 1.165) is 0 Å². The van der Waals surface area contributed by atoms with Gasteiger partial charge in [-0.05, 0) is 32.1 Å². The smallest absolute Gasteiger partial charge is 0.230 e. The van der Waals surface area contributed by atoms with Crippen LogP contribution in [0.4, 0.5) is 19.0 Å². The number of hydrogen-bond acceptors (Lipinski definition) is 5. The average molecular weight is 349 g/mol. The third-order valence-corrected chi connectivity index (χ3v) is 2.91. The molecule has 25 heavy (non-hydrogen) atoms. The van der Waals surface area contributed by atoms with Crippen LogP contribution in [-0.4, -0.2) is 21.6 Å². The molecule has 0 bridgehead atoms. The molecule has 1 heterocycles. The highest BCUT2D eigenvalue weighted by Gasteiger charge is 2.19. The van der Waals surface area contributed by atoms with Gasteiger partial charge in [0.2, 0.25) is 11.6 Å². The fourth-order valence-electron chi connectivity index (χ4n) is 1.92. The number of benzene rings is 1. The molecule has 0 saturated heterocycles. The summed E-state index contributed by atoms with van der Waals surface area (Å²) in [5.41, 5.74) is 11.5. The van der Waals surface area contributed by atoms with E-state index in [9.17, 15) is 18.0 Å². The van der Waals surface area contributed by atoms with E-state index in [2.05, 4.69) is 15.0 Å². The maximum Gasteiger partial charge on any atom is 0.230 e. The van der Waals surface area contributed by atoms with Crippen molar-refractivity contribution in [3.8, 4) is 0 Å². The van der Waals surface area contributed by atoms with E-state index >= 15 is 0 Å². The number of rotatable bonds is 4. The molecule has 1 aromatic heterocycles. The highest BCUT2D eigenvalue weighted by Crippen LogP contribution is 2.17. The third kappa shape index (κ3) is 4.40. The average Bonchev–Trinajstić information content (AvgIpc) is 2.49. The Bertz CT molecular complexity index is 882. The van der Waals surface area contributed by atoms with Crippen molar-refractivity contribution in [2.24, 2.45) is 16.5 Å². The predicted octanol–water partition coefficient (Wildman–Crippen LogP) is 2.28. The largest absolute Gasteiger partial charge is 0.402 e. The van der Waals surface area contributed by atoms with Crippen LogP contribution in [-0.2, 0) is 0 Å². The number of nitrogens with two attached hydrogens (primary N) is 2. The first-order chi connectivity index (χ1) is 11.7. The van der Waals surface area contributed by atoms with Crippen molar-refractivity contribution in [2.45, 2.75) is 13.8 Å². The summed E-state index contributed by atoms with van der Waals surface area (Å²) in [6, 6.07) is 2.60. The number of nitrogens with zero attached hydrogens (tertiary/aromatic N) is 3. The summed E-state index contributed by atoms with van der Waals surface area (Å²) in [6.07, 6.45) is 1.39. The molecule has 130 valence electrons. The molecule has 0 aliphatic heterocycles. The number of allylic oxidation sites excluding steroid dienone is 1. The maximum atomic E-state index is 13.3. The first-order valence-corrected chi connectivity index (χ1v) is 7.00. The minimum absolute atomic E-state index is 0.0513. The van der Waals surface area contributed by atoms with E-state index in [4.69, 9.17) is 11.5 Å². The zero-order valence-electron chi connectivity index (χ0n) is 13.3. The molecule has 0 amide bonds. The van der Waals surface area contributed by atoms with Gasteiger partial charge in [-0.15, -0.1) is 0 Å². The van der Waals surface area contributed by atoms with Crippen LogP contribution >= 0.6 is 0 Å². The number of carbonyl (C=O) groups is 1. The summed E-state index contributed by atoms with van der Waals surface area (Å²) in [6.45, 7) is 3.18. The summed E-state index contributed by atoms with van der Waals surface area (Å²) < 4.78 is 39.6. The Morgan fingerprint density at radius 2 is 1.72 bits per heavy atom. The lowest BCUT2D eigenvalue weighted by molar-refractivity contribution is 0.102. The SMILES string of the molecule is C/C(N)=C/C(N)=Nc1cc(C)nc(C(=O)c2cc(F)c(F)c(F)c2)n1. The van der Waals surface area contributed by atoms with Crippen molar-refractivity contribution in [3.05, 3.63) is 64.5 Å². The van der Waals surface area contributed by atoms with E-state index in [0.29, 0.717) is 23.5 Å². The van der Waals surface area contributed by atoms with E-state index in [1.54, 1.807) is 13.8 Å². The summed E-state index contributed by atoms with van der Waals surface area (Å²) >= 11 is 0. The number of aliphatic imine (C=N–C) groups is 1. The molecule has 0 aliphatic carbocycles. The molecule has 2 rings (SSSR count). The van der Waals surface area contributed by atoms with Crippen LogP contribution in [0.3, 0.4) is 0 Å². The second-order valence-electron chi connectivity index (χ2n) is 5.20. The van der Waals surface area contributed by atoms with Crippen molar-refractivity contribution in [1.29, 1.82) is 0 Å². The van der Waals surface area contributed by atoms with E-state index in [-0.39, 0.29) is 17.5 Å². The van der Waals surface area contributed by atoms with E-state index < -0.39 is 28.8 Å². The van der Waals surface area contributed by atoms with Crippen LogP contribution in [0.25, 0.3) is 0 Å². The van der Waals surface area contributed by atoms with Crippen LogP contribution in [0, 0.1) is 24.4 Å². The minimum atomic E-state index is -1.66. The van der Waals surface area contributed by atoms with Crippen molar-refractivity contribution in [2.75, 3.05) is 0 Å². The molecule has 0 spiro atoms. The number of halogens is 3. The Hall–Kier alpha value is -3.23. The monoisotopic (exact) mass is 349 g/mol. The molecule has 0 radical (unpaired) electrons. The second kappa shape index (κ2) is 7.12. The number of aromatic nitrogens is 2. The number of carbonyl (C=O) groups excluding carboxylic acids is 1. The number of aryl methyl sites for hydroxylation is 1. The van der Waals surface area contributed by atoms with Gasteiger partial charge in [0, 0.05) is 23.0 Å². The first-order valence-electron chi connectivity index (χ1n) is 7.00. The Labute approximate surface area is 141 Å². The van der Waals surface area contributed by atoms with E-state index in [1.807, 2.05) is 0 Å². The van der Waals surface area contributed by atoms with Crippen molar-refractivity contribution in [3.63, 3.8) is 0 Å². The van der Waals surface area contributed by atoms with Crippen LogP contribution in [0.5, 0.6) is 0 Å². The van der Waals surface area contributed by atoms with Gasteiger partial charge >= 0.3 is 0 Å². The topological polar surface area (TPSA) is 107 Å². The van der Waals surface area contributed by atoms with Crippen LogP contribution in [0.1, 0.15) is 28.8 Å². The number of hydrogen-bond donors (Lipinski definition) is 2. The van der Waals surface area contributed by atoms with Gasteiger partial charge < -0.3 is 11.5 Å². The van der Waals surface area contributed by atoms with Gasteiger partial charge in [0.15, 0.2) is 23.3 Å². The third-order valence-electron chi connectivity index (χ3n) is 2.91. The van der Waals surface area contributed by atoms with Crippen molar-refractivity contribution < 1.29 is 18.0 Å². The van der Waals surface area contributed by atoms with Gasteiger partial charge in [-0.3, -0.25) is 4.79 Å². The Morgan fingerprint density at radius 3 is 2.28 bits per heavy atom. The predicted molar refractivity (Wildman–Crippen MR) is 85.7 cm³/mol. The second-order valence-corrected chi connectivity index (χ2v) is 5.20. The fraction of sp³-hybridized carbons (Fsp3) is 0.125. The normalized spacial score (nSPS) is 12.4. The minimum Gasteiger partial charge on any atom is -0.402 e. The molecule has 2 aromatic rings. The molecule has 0 atom stereocenters. The maximum absolute atomic E-state index is 13.3. The molecule has 1 aromatic carbocycles. The summed E-state index contributed by atoms with van der Waals surface area (Å²) in [5.74, 6) is -5.76. The number of ketones is 1. The van der Waals surface area contributed by atoms with Crippen LogP contribution in [0.2, 0.25) is 0 Å². The zero-order valence-corrected chi connectivity index (χ0v) is 13.3. The molecule has 0 saturated carbocycles. The summed E-state index contributed by atoms with van der Waals surface area (Å²) in [4.78, 5) is 24.1. The summed E-state index contributed by atoms with van der Waals surface area (Å²) in [5, 5.41) is 0. The summed E-state index contributed by atoms with van der Waals surface area (Å²) in [7, 11) is 0. The van der Waals surface area contributed by atoms with Crippen molar-refractivity contribution in [1.82, 2.24) is 9.97 Å². The fourth-order valence-corrected chi connectivity index (χ4v) is 1.92. The standard InChI is InChI=1S/C16H14F3N5O/c1-7(20)3-12(21)23-13-4-8(2)22-16(24-13)15(25)9-5-10(17)14(19)11(18)6-9/h3-6H,20H2,1-2H3,(H2,21,22,23,24)/b7-3-. The Balaban J connectivity index is 2.46. The van der Waals surface area contributed by atoms with Gasteiger partial charge in [0.25, 0.3) is 0 Å². The van der Waals surface area contributed by atoms with Crippen LogP contribution < -0.4 is 11.5 Å². The lowest BCUT2D eigenvalue weighted by Gasteiger charge is -2.04. The van der Waals surface area contributed by atoms with Gasteiger partial charge in [-0.2, -0.15) is 0 Å². The van der Waals surface area contributed by atoms with E-state index in [1.165, 1.54) is 12.1 Å². The molecular weight excluding hydrogens is 335 g/mol. The molecule has 4 N–H and O–H groups in total. The van der Waals surface area contributed by atoms with Gasteiger partial charge in [0.1, 0.15) is 5.84 Å². The Morgan fingerprint density at radius 1 is 1.12 bits per heavy atom. The van der Waals surface area contributed by atoms with Crippen molar-refractivity contribution >= 4 is 17.4 Å². The quantitative estimate of drug-likeness (QED) is 0.381. The number of amidine groups is 1. The highest BCUT2D eigenvalue weighted by molar-refractivity contribution is 6.06. The highest BCUT2D eigenvalue weighted by atomic mass is 19.2. The Kier molecular flexibility index (Phi) is 5.16. The molecule has 0 unspecified atom stereocenters. The zero-order chi connectivity index (χ0) is 18.7. The van der Waals surface area contributed by atoms with Gasteiger partial charge in [0.05, 0.1) is 0 Å². The molecule has 0 fully saturated rings. The molecule has 6 nitrogen and oxygen atoms in total.